The van der Waals surface area contributed by atoms with Crippen LogP contribution < -0.4 is 20.7 Å². The van der Waals surface area contributed by atoms with E-state index in [1.165, 1.54) is 19.6 Å². The van der Waals surface area contributed by atoms with Gasteiger partial charge in [0, 0.05) is 81.9 Å². The molecule has 0 radical (unpaired) electrons. The van der Waals surface area contributed by atoms with E-state index >= 15 is 0 Å². The van der Waals surface area contributed by atoms with E-state index in [2.05, 4.69) is 92.7 Å². The summed E-state index contributed by atoms with van der Waals surface area (Å²) in [7, 11) is 2.17. The summed E-state index contributed by atoms with van der Waals surface area (Å²) in [5.41, 5.74) is 4.88. The summed E-state index contributed by atoms with van der Waals surface area (Å²) in [5.74, 6) is 1.06. The van der Waals surface area contributed by atoms with Gasteiger partial charge in [0.15, 0.2) is 0 Å². The number of fused-ring (bicyclic) bond motifs is 2. The van der Waals surface area contributed by atoms with Gasteiger partial charge < -0.3 is 29.7 Å². The number of rotatable bonds is 6. The Morgan fingerprint density at radius 3 is 2.55 bits per heavy atom. The van der Waals surface area contributed by atoms with E-state index in [0.717, 1.165) is 73.4 Å². The molecular formula is C32H34N6O2S2. The van der Waals surface area contributed by atoms with Crippen molar-refractivity contribution in [2.75, 3.05) is 74.6 Å². The molecule has 2 N–H and O–H groups in total. The zero-order valence-corrected chi connectivity index (χ0v) is 25.3. The molecule has 0 spiro atoms. The smallest absolute Gasteiger partial charge is 0.250 e. The van der Waals surface area contributed by atoms with Gasteiger partial charge in [-0.15, -0.1) is 0 Å². The highest BCUT2D eigenvalue weighted by Crippen LogP contribution is 2.52. The van der Waals surface area contributed by atoms with Crippen LogP contribution in [0.2, 0.25) is 0 Å². The number of ether oxygens (including phenoxy) is 1. The number of pyridine rings is 2. The molecule has 2 fully saturated rings. The molecule has 0 atom stereocenters. The van der Waals surface area contributed by atoms with Crippen molar-refractivity contribution in [2.45, 2.75) is 26.1 Å². The SMILES string of the molecule is CN1CCN(c2cccc(CNc3ccc4c(c3)Sc3cccc(-c5cc(N6CCOCC6)cc(=O)[nH]5)c3S4)n2)CC1. The van der Waals surface area contributed by atoms with Gasteiger partial charge in [-0.05, 0) is 49.5 Å². The predicted octanol–water partition coefficient (Wildman–Crippen LogP) is 5.25. The number of likely N-dealkylation sites (N-methyl/N-ethyl adjacent to an activating group) is 1. The lowest BCUT2D eigenvalue weighted by Gasteiger charge is -2.33. The molecule has 0 saturated carbocycles. The highest BCUT2D eigenvalue weighted by Gasteiger charge is 2.22. The van der Waals surface area contributed by atoms with Crippen LogP contribution >= 0.6 is 23.5 Å². The third kappa shape index (κ3) is 5.89. The van der Waals surface area contributed by atoms with E-state index in [4.69, 9.17) is 9.72 Å². The average molecular weight is 599 g/mol. The normalized spacial score (nSPS) is 17.1. The third-order valence-electron chi connectivity index (χ3n) is 7.94. The lowest BCUT2D eigenvalue weighted by molar-refractivity contribution is 0.122. The Morgan fingerprint density at radius 1 is 0.857 bits per heavy atom. The van der Waals surface area contributed by atoms with Crippen molar-refractivity contribution in [3.63, 3.8) is 0 Å². The van der Waals surface area contributed by atoms with Crippen molar-refractivity contribution in [1.82, 2.24) is 14.9 Å². The summed E-state index contributed by atoms with van der Waals surface area (Å²) in [6.45, 7) is 7.79. The van der Waals surface area contributed by atoms with Crippen molar-refractivity contribution in [2.24, 2.45) is 0 Å². The molecule has 4 aromatic rings. The van der Waals surface area contributed by atoms with Crippen molar-refractivity contribution >= 4 is 40.7 Å². The van der Waals surface area contributed by atoms with Crippen LogP contribution in [-0.4, -0.2) is 74.4 Å². The summed E-state index contributed by atoms with van der Waals surface area (Å²) >= 11 is 3.55. The number of hydrogen-bond acceptors (Lipinski definition) is 9. The number of benzene rings is 2. The van der Waals surface area contributed by atoms with Crippen LogP contribution in [-0.2, 0) is 11.3 Å². The second-order valence-electron chi connectivity index (χ2n) is 10.8. The fourth-order valence-corrected chi connectivity index (χ4v) is 7.98. The van der Waals surface area contributed by atoms with Crippen molar-refractivity contribution in [1.29, 1.82) is 0 Å². The lowest BCUT2D eigenvalue weighted by Crippen LogP contribution is -2.44. The van der Waals surface area contributed by atoms with E-state index in [1.54, 1.807) is 29.6 Å². The van der Waals surface area contributed by atoms with Gasteiger partial charge in [0.1, 0.15) is 5.82 Å². The van der Waals surface area contributed by atoms with E-state index in [1.807, 2.05) is 0 Å². The Labute approximate surface area is 254 Å². The van der Waals surface area contributed by atoms with Gasteiger partial charge in [-0.25, -0.2) is 4.98 Å². The van der Waals surface area contributed by atoms with Crippen LogP contribution in [0.3, 0.4) is 0 Å². The fourth-order valence-electron chi connectivity index (χ4n) is 5.57. The molecule has 2 saturated heterocycles. The molecule has 8 nitrogen and oxygen atoms in total. The predicted molar refractivity (Wildman–Crippen MR) is 171 cm³/mol. The molecule has 2 aromatic heterocycles. The summed E-state index contributed by atoms with van der Waals surface area (Å²) in [6.07, 6.45) is 0. The minimum absolute atomic E-state index is 0.0836. The van der Waals surface area contributed by atoms with Gasteiger partial charge in [0.2, 0.25) is 5.56 Å². The average Bonchev–Trinajstić information content (AvgIpc) is 3.03. The Kier molecular flexibility index (Phi) is 7.86. The maximum absolute atomic E-state index is 12.7. The number of hydrogen-bond donors (Lipinski definition) is 2. The summed E-state index contributed by atoms with van der Waals surface area (Å²) in [6, 6.07) is 23.0. The van der Waals surface area contributed by atoms with E-state index in [0.29, 0.717) is 19.8 Å². The van der Waals surface area contributed by atoms with Crippen LogP contribution in [0.1, 0.15) is 5.69 Å². The van der Waals surface area contributed by atoms with Crippen LogP contribution in [0.25, 0.3) is 11.3 Å². The van der Waals surface area contributed by atoms with Crippen molar-refractivity contribution < 1.29 is 4.74 Å². The Hall–Kier alpha value is -3.44. The Balaban J connectivity index is 1.07. The van der Waals surface area contributed by atoms with Crippen LogP contribution in [0.15, 0.2) is 91.1 Å². The molecule has 0 aliphatic carbocycles. The summed E-state index contributed by atoms with van der Waals surface area (Å²) in [5, 5.41) is 3.59. The van der Waals surface area contributed by atoms with E-state index in [-0.39, 0.29) is 5.56 Å². The number of nitrogens with one attached hydrogen (secondary N) is 2. The molecule has 3 aliphatic rings. The highest BCUT2D eigenvalue weighted by molar-refractivity contribution is 8.05. The standard InChI is InChI=1S/C32H34N6O2S2/c1-36-10-12-38(13-11-36)30-7-2-4-23(34-30)21-33-22-8-9-27-29(18-22)41-28-6-3-5-25(32(28)42-27)26-19-24(20-31(39)35-26)37-14-16-40-17-15-37/h2-9,18-20,33H,10-17,21H2,1H3,(H,35,39). The second-order valence-corrected chi connectivity index (χ2v) is 13.0. The molecule has 42 heavy (non-hydrogen) atoms. The first-order chi connectivity index (χ1) is 20.6. The minimum atomic E-state index is -0.0836. The van der Waals surface area contributed by atoms with Gasteiger partial charge in [0.05, 0.1) is 31.1 Å². The molecule has 216 valence electrons. The molecule has 0 bridgehead atoms. The Morgan fingerprint density at radius 2 is 1.69 bits per heavy atom. The molecule has 0 unspecified atom stereocenters. The highest BCUT2D eigenvalue weighted by atomic mass is 32.2. The topological polar surface area (TPSA) is 76.7 Å². The maximum Gasteiger partial charge on any atom is 0.250 e. The first-order valence-electron chi connectivity index (χ1n) is 14.4. The van der Waals surface area contributed by atoms with Crippen molar-refractivity contribution in [3.8, 4) is 11.3 Å². The second kappa shape index (κ2) is 12.0. The van der Waals surface area contributed by atoms with Gasteiger partial charge in [-0.2, -0.15) is 0 Å². The summed E-state index contributed by atoms with van der Waals surface area (Å²) in [4.78, 5) is 32.5. The van der Waals surface area contributed by atoms with Gasteiger partial charge in [-0.3, -0.25) is 4.79 Å². The lowest BCUT2D eigenvalue weighted by atomic mass is 10.1. The number of nitrogens with zero attached hydrogens (tertiary/aromatic N) is 4. The van der Waals surface area contributed by atoms with Crippen molar-refractivity contribution in [3.05, 3.63) is 82.8 Å². The third-order valence-corrected chi connectivity index (χ3v) is 10.5. The first kappa shape index (κ1) is 27.4. The number of aromatic amines is 1. The molecular weight excluding hydrogens is 565 g/mol. The molecule has 10 heteroatoms. The zero-order chi connectivity index (χ0) is 28.5. The first-order valence-corrected chi connectivity index (χ1v) is 16.1. The van der Waals surface area contributed by atoms with Crippen LogP contribution in [0.4, 0.5) is 17.2 Å². The molecule has 7 rings (SSSR count). The largest absolute Gasteiger partial charge is 0.379 e. The van der Waals surface area contributed by atoms with E-state index < -0.39 is 0 Å². The van der Waals surface area contributed by atoms with Gasteiger partial charge in [-0.1, -0.05) is 41.7 Å². The number of morpholine rings is 1. The molecule has 3 aliphatic heterocycles. The van der Waals surface area contributed by atoms with E-state index in [9.17, 15) is 4.79 Å². The monoisotopic (exact) mass is 598 g/mol. The number of anilines is 3. The fraction of sp³-hybridized carbons (Fsp3) is 0.312. The quantitative estimate of drug-likeness (QED) is 0.273. The van der Waals surface area contributed by atoms with Crippen LogP contribution in [0.5, 0.6) is 0 Å². The number of H-pyrrole nitrogens is 1. The summed E-state index contributed by atoms with van der Waals surface area (Å²) < 4.78 is 5.51. The number of aromatic nitrogens is 2. The van der Waals surface area contributed by atoms with Gasteiger partial charge in [0.25, 0.3) is 0 Å². The van der Waals surface area contributed by atoms with Crippen LogP contribution in [0, 0.1) is 0 Å². The minimum Gasteiger partial charge on any atom is -0.379 e. The zero-order valence-electron chi connectivity index (χ0n) is 23.6. The molecule has 5 heterocycles. The molecule has 0 amide bonds. The number of piperazine rings is 1. The molecule has 2 aromatic carbocycles. The maximum atomic E-state index is 12.7. The van der Waals surface area contributed by atoms with Gasteiger partial charge >= 0.3 is 0 Å². The Bertz CT molecular complexity index is 1650.